The fourth-order valence-electron chi connectivity index (χ4n) is 2.49. The van der Waals surface area contributed by atoms with Crippen molar-refractivity contribution in [1.82, 2.24) is 9.88 Å². The van der Waals surface area contributed by atoms with Gasteiger partial charge in [-0.3, -0.25) is 4.79 Å². The average molecular weight is 393 g/mol. The Balaban J connectivity index is 1.78. The van der Waals surface area contributed by atoms with Crippen molar-refractivity contribution in [3.05, 3.63) is 58.2 Å². The first-order chi connectivity index (χ1) is 11.2. The molecule has 1 amide bonds. The largest absolute Gasteiger partial charge is 0.478 e. The van der Waals surface area contributed by atoms with Crippen LogP contribution in [0.3, 0.4) is 0 Å². The van der Waals surface area contributed by atoms with Crippen molar-refractivity contribution in [2.45, 2.75) is 12.3 Å². The molecule has 1 atom stereocenters. The van der Waals surface area contributed by atoms with Gasteiger partial charge in [0.25, 0.3) is 5.91 Å². The average Bonchev–Trinajstić information content (AvgIpc) is 3.05. The van der Waals surface area contributed by atoms with E-state index in [2.05, 4.69) is 33.0 Å². The monoisotopic (exact) mass is 392 g/mol. The van der Waals surface area contributed by atoms with Gasteiger partial charge in [-0.05, 0) is 30.7 Å². The number of rotatable bonds is 4. The van der Waals surface area contributed by atoms with Gasteiger partial charge in [-0.15, -0.1) is 11.8 Å². The molecular formula is C17H17BrN2O2S. The highest BCUT2D eigenvalue weighted by Crippen LogP contribution is 2.39. The maximum Gasteiger partial charge on any atom is 0.256 e. The third-order valence-corrected chi connectivity index (χ3v) is 5.37. The van der Waals surface area contributed by atoms with Crippen LogP contribution in [0.2, 0.25) is 0 Å². The van der Waals surface area contributed by atoms with Gasteiger partial charge in [0.05, 0.1) is 12.2 Å². The summed E-state index contributed by atoms with van der Waals surface area (Å²) in [7, 11) is 0. The van der Waals surface area contributed by atoms with E-state index in [0.717, 1.165) is 22.3 Å². The van der Waals surface area contributed by atoms with Gasteiger partial charge in [-0.2, -0.15) is 0 Å². The summed E-state index contributed by atoms with van der Waals surface area (Å²) in [6.45, 7) is 3.22. The molecule has 120 valence electrons. The predicted octanol–water partition coefficient (Wildman–Crippen LogP) is 4.13. The number of hydrogen-bond acceptors (Lipinski definition) is 4. The smallest absolute Gasteiger partial charge is 0.256 e. The fraction of sp³-hybridized carbons (Fsp3) is 0.294. The van der Waals surface area contributed by atoms with Crippen LogP contribution in [0.4, 0.5) is 0 Å². The van der Waals surface area contributed by atoms with Crippen molar-refractivity contribution in [3.63, 3.8) is 0 Å². The van der Waals surface area contributed by atoms with Crippen LogP contribution >= 0.6 is 27.7 Å². The molecule has 1 aliphatic heterocycles. The number of thioether (sulfide) groups is 1. The van der Waals surface area contributed by atoms with Crippen molar-refractivity contribution < 1.29 is 9.53 Å². The lowest BCUT2D eigenvalue weighted by Crippen LogP contribution is -2.30. The van der Waals surface area contributed by atoms with Crippen LogP contribution in [-0.2, 0) is 0 Å². The second-order valence-corrected chi connectivity index (χ2v) is 7.20. The Morgan fingerprint density at radius 1 is 1.35 bits per heavy atom. The summed E-state index contributed by atoms with van der Waals surface area (Å²) in [4.78, 5) is 18.9. The van der Waals surface area contributed by atoms with E-state index >= 15 is 0 Å². The predicted molar refractivity (Wildman–Crippen MR) is 95.8 cm³/mol. The summed E-state index contributed by atoms with van der Waals surface area (Å²) in [5, 5.41) is 0.0576. The summed E-state index contributed by atoms with van der Waals surface area (Å²) in [5.41, 5.74) is 1.74. The van der Waals surface area contributed by atoms with E-state index in [1.165, 1.54) is 0 Å². The third kappa shape index (κ3) is 3.70. The molecular weight excluding hydrogens is 376 g/mol. The highest BCUT2D eigenvalue weighted by Gasteiger charge is 2.31. The van der Waals surface area contributed by atoms with Gasteiger partial charge in [-0.1, -0.05) is 28.1 Å². The van der Waals surface area contributed by atoms with Gasteiger partial charge >= 0.3 is 0 Å². The zero-order valence-electron chi connectivity index (χ0n) is 12.7. The maximum absolute atomic E-state index is 12.8. The fourth-order valence-corrected chi connectivity index (χ4v) is 4.01. The normalized spacial score (nSPS) is 17.3. The van der Waals surface area contributed by atoms with Crippen LogP contribution in [0.1, 0.15) is 28.2 Å². The molecule has 1 unspecified atom stereocenters. The van der Waals surface area contributed by atoms with Crippen molar-refractivity contribution >= 4 is 33.6 Å². The maximum atomic E-state index is 12.8. The number of benzene rings is 1. The summed E-state index contributed by atoms with van der Waals surface area (Å²) in [6.07, 6.45) is 1.59. The molecule has 0 aliphatic carbocycles. The molecule has 1 aliphatic rings. The minimum Gasteiger partial charge on any atom is -0.478 e. The van der Waals surface area contributed by atoms with Crippen LogP contribution in [0.15, 0.2) is 47.1 Å². The van der Waals surface area contributed by atoms with Crippen LogP contribution in [0.25, 0.3) is 0 Å². The Bertz CT molecular complexity index is 676. The van der Waals surface area contributed by atoms with E-state index < -0.39 is 0 Å². The van der Waals surface area contributed by atoms with Gasteiger partial charge in [-0.25, -0.2) is 4.98 Å². The number of ether oxygens (including phenoxy) is 1. The van der Waals surface area contributed by atoms with Crippen LogP contribution < -0.4 is 4.74 Å². The lowest BCUT2D eigenvalue weighted by molar-refractivity contribution is 0.0760. The second-order valence-electron chi connectivity index (χ2n) is 5.09. The Kier molecular flexibility index (Phi) is 5.23. The number of pyridine rings is 1. The van der Waals surface area contributed by atoms with Crippen molar-refractivity contribution in [3.8, 4) is 5.88 Å². The number of amides is 1. The summed E-state index contributed by atoms with van der Waals surface area (Å²) < 4.78 is 6.36. The molecule has 2 aromatic rings. The summed E-state index contributed by atoms with van der Waals surface area (Å²) >= 11 is 5.24. The number of nitrogens with zero attached hydrogens (tertiary/aromatic N) is 2. The Morgan fingerprint density at radius 3 is 2.78 bits per heavy atom. The minimum atomic E-state index is 0.0125. The zero-order valence-corrected chi connectivity index (χ0v) is 15.1. The molecule has 1 fully saturated rings. The first-order valence-electron chi connectivity index (χ1n) is 7.46. The van der Waals surface area contributed by atoms with Crippen LogP contribution in [0, 0.1) is 0 Å². The molecule has 6 heteroatoms. The quantitative estimate of drug-likeness (QED) is 0.784. The highest BCUT2D eigenvalue weighted by atomic mass is 79.9. The molecule has 0 bridgehead atoms. The van der Waals surface area contributed by atoms with Crippen molar-refractivity contribution in [1.29, 1.82) is 0 Å². The molecule has 1 aromatic heterocycles. The first-order valence-corrected chi connectivity index (χ1v) is 9.30. The van der Waals surface area contributed by atoms with Gasteiger partial charge in [0.2, 0.25) is 5.88 Å². The molecule has 2 heterocycles. The minimum absolute atomic E-state index is 0.0125. The molecule has 23 heavy (non-hydrogen) atoms. The number of aromatic nitrogens is 1. The summed E-state index contributed by atoms with van der Waals surface area (Å²) in [6, 6.07) is 11.7. The van der Waals surface area contributed by atoms with Gasteiger partial charge in [0.1, 0.15) is 5.37 Å². The van der Waals surface area contributed by atoms with Gasteiger partial charge < -0.3 is 9.64 Å². The molecule has 1 saturated heterocycles. The number of carbonyl (C=O) groups excluding carboxylic acids is 1. The van der Waals surface area contributed by atoms with Gasteiger partial charge in [0.15, 0.2) is 0 Å². The molecule has 0 saturated carbocycles. The van der Waals surface area contributed by atoms with Crippen LogP contribution in [0.5, 0.6) is 5.88 Å². The highest BCUT2D eigenvalue weighted by molar-refractivity contribution is 9.10. The van der Waals surface area contributed by atoms with Crippen molar-refractivity contribution in [2.24, 2.45) is 0 Å². The molecule has 1 aromatic carbocycles. The van der Waals surface area contributed by atoms with Crippen molar-refractivity contribution in [2.75, 3.05) is 18.9 Å². The lowest BCUT2D eigenvalue weighted by atomic mass is 10.2. The number of halogens is 1. The third-order valence-electron chi connectivity index (χ3n) is 3.58. The molecule has 0 N–H and O–H groups in total. The SMILES string of the molecule is CCOc1ccc(C(=O)N2CCSC2c2ccc(Br)cc2)cn1. The summed E-state index contributed by atoms with van der Waals surface area (Å²) in [5.74, 6) is 1.50. The van der Waals surface area contributed by atoms with Gasteiger partial charge in [0, 0.05) is 29.0 Å². The Labute approximate surface area is 148 Å². The first kappa shape index (κ1) is 16.3. The van der Waals surface area contributed by atoms with Crippen LogP contribution in [-0.4, -0.2) is 34.7 Å². The van der Waals surface area contributed by atoms with E-state index in [-0.39, 0.29) is 11.3 Å². The Hall–Kier alpha value is -1.53. The lowest BCUT2D eigenvalue weighted by Gasteiger charge is -2.24. The molecule has 0 radical (unpaired) electrons. The van der Waals surface area contributed by atoms with E-state index in [1.54, 1.807) is 30.1 Å². The van der Waals surface area contributed by atoms with E-state index in [1.807, 2.05) is 24.0 Å². The number of hydrogen-bond donors (Lipinski definition) is 0. The number of carbonyl (C=O) groups is 1. The van der Waals surface area contributed by atoms with E-state index in [0.29, 0.717) is 18.1 Å². The molecule has 4 nitrogen and oxygen atoms in total. The Morgan fingerprint density at radius 2 is 2.13 bits per heavy atom. The molecule has 3 rings (SSSR count). The second kappa shape index (κ2) is 7.36. The topological polar surface area (TPSA) is 42.4 Å². The standard InChI is InChI=1S/C17H17BrN2O2S/c1-2-22-15-8-5-13(11-19-15)16(21)20-9-10-23-17(20)12-3-6-14(18)7-4-12/h3-8,11,17H,2,9-10H2,1H3. The van der Waals surface area contributed by atoms with E-state index in [4.69, 9.17) is 4.74 Å². The molecule has 0 spiro atoms. The van der Waals surface area contributed by atoms with E-state index in [9.17, 15) is 4.79 Å². The zero-order chi connectivity index (χ0) is 16.2.